The number of likely N-dealkylation sites (tertiary alicyclic amines) is 1. The number of anilines is 2. The van der Waals surface area contributed by atoms with Crippen LogP contribution in [0.25, 0.3) is 22.6 Å². The van der Waals surface area contributed by atoms with Crippen LogP contribution in [0.4, 0.5) is 11.4 Å². The van der Waals surface area contributed by atoms with Gasteiger partial charge in [-0.1, -0.05) is 6.42 Å². The maximum absolute atomic E-state index is 12.8. The van der Waals surface area contributed by atoms with Gasteiger partial charge in [-0.05, 0) is 80.0 Å². The molecule has 34 heavy (non-hydrogen) atoms. The summed E-state index contributed by atoms with van der Waals surface area (Å²) in [6.45, 7) is 2.92. The summed E-state index contributed by atoms with van der Waals surface area (Å²) in [6, 6.07) is 13.1. The molecule has 0 unspecified atom stereocenters. The van der Waals surface area contributed by atoms with Gasteiger partial charge in [-0.3, -0.25) is 14.6 Å². The van der Waals surface area contributed by atoms with Crippen molar-refractivity contribution in [2.24, 2.45) is 0 Å². The first-order chi connectivity index (χ1) is 16.6. The van der Waals surface area contributed by atoms with E-state index in [-0.39, 0.29) is 11.8 Å². The highest BCUT2D eigenvalue weighted by molar-refractivity contribution is 6.35. The lowest BCUT2D eigenvalue weighted by Gasteiger charge is -2.25. The van der Waals surface area contributed by atoms with Gasteiger partial charge in [0.25, 0.3) is 5.91 Å². The highest BCUT2D eigenvalue weighted by Gasteiger charge is 2.25. The summed E-state index contributed by atoms with van der Waals surface area (Å²) in [4.78, 5) is 32.1. The standard InChI is InChI=1S/C27H28N4O3/c1-34-20-6-8-24-21(17-20)18(9-11-28-24)15-23-22-16-19(5-7-25(22)30-27(23)33)29-26(32)10-14-31-12-3-2-4-13-31/h5-9,11,15-17H,2-4,10,12-14H2,1H3,(H,29,32)(H,30,33)/b23-15+. The van der Waals surface area contributed by atoms with Crippen molar-refractivity contribution >= 4 is 45.7 Å². The predicted molar refractivity (Wildman–Crippen MR) is 135 cm³/mol. The van der Waals surface area contributed by atoms with Gasteiger partial charge in [0.05, 0.1) is 12.6 Å². The molecule has 1 saturated heterocycles. The smallest absolute Gasteiger partial charge is 0.256 e. The molecule has 7 nitrogen and oxygen atoms in total. The van der Waals surface area contributed by atoms with Gasteiger partial charge in [0.2, 0.25) is 5.91 Å². The Kier molecular flexibility index (Phi) is 6.27. The molecule has 174 valence electrons. The van der Waals surface area contributed by atoms with Crippen LogP contribution in [0.15, 0.2) is 48.7 Å². The number of carbonyl (C=O) groups is 2. The van der Waals surface area contributed by atoms with Crippen LogP contribution < -0.4 is 15.4 Å². The molecule has 1 aromatic heterocycles. The normalized spacial score (nSPS) is 17.0. The first-order valence-electron chi connectivity index (χ1n) is 11.7. The van der Waals surface area contributed by atoms with Gasteiger partial charge in [-0.25, -0.2) is 0 Å². The molecule has 0 saturated carbocycles. The second-order valence-electron chi connectivity index (χ2n) is 8.76. The molecule has 0 atom stereocenters. The lowest BCUT2D eigenvalue weighted by atomic mass is 10.0. The Balaban J connectivity index is 1.38. The number of nitrogens with one attached hydrogen (secondary N) is 2. The van der Waals surface area contributed by atoms with Crippen LogP contribution in [0.3, 0.4) is 0 Å². The van der Waals surface area contributed by atoms with Crippen LogP contribution in [0.2, 0.25) is 0 Å². The quantitative estimate of drug-likeness (QED) is 0.532. The Bertz CT molecular complexity index is 1280. The van der Waals surface area contributed by atoms with Gasteiger partial charge in [0.15, 0.2) is 0 Å². The highest BCUT2D eigenvalue weighted by Crippen LogP contribution is 2.36. The second-order valence-corrected chi connectivity index (χ2v) is 8.76. The van der Waals surface area contributed by atoms with Crippen molar-refractivity contribution in [1.29, 1.82) is 0 Å². The van der Waals surface area contributed by atoms with E-state index >= 15 is 0 Å². The molecule has 2 N–H and O–H groups in total. The van der Waals surface area contributed by atoms with Crippen LogP contribution >= 0.6 is 0 Å². The fourth-order valence-corrected chi connectivity index (χ4v) is 4.63. The lowest BCUT2D eigenvalue weighted by molar-refractivity contribution is -0.116. The summed E-state index contributed by atoms with van der Waals surface area (Å²) in [5, 5.41) is 6.82. The van der Waals surface area contributed by atoms with Crippen LogP contribution in [-0.4, -0.2) is 48.4 Å². The van der Waals surface area contributed by atoms with E-state index in [0.717, 1.165) is 53.1 Å². The average Bonchev–Trinajstić information content (AvgIpc) is 3.17. The molecule has 0 aliphatic carbocycles. The summed E-state index contributed by atoms with van der Waals surface area (Å²) in [5.41, 5.74) is 4.44. The number of aromatic nitrogens is 1. The molecule has 0 radical (unpaired) electrons. The maximum Gasteiger partial charge on any atom is 0.256 e. The lowest BCUT2D eigenvalue weighted by Crippen LogP contribution is -2.32. The third-order valence-corrected chi connectivity index (χ3v) is 6.47. The Morgan fingerprint density at radius 3 is 2.82 bits per heavy atom. The van der Waals surface area contributed by atoms with E-state index in [1.165, 1.54) is 19.3 Å². The third kappa shape index (κ3) is 4.65. The number of nitrogens with zero attached hydrogens (tertiary/aromatic N) is 2. The van der Waals surface area contributed by atoms with Crippen LogP contribution in [0, 0.1) is 0 Å². The molecule has 5 rings (SSSR count). The van der Waals surface area contributed by atoms with Crippen LogP contribution in [0.5, 0.6) is 5.75 Å². The molecule has 2 aromatic carbocycles. The Morgan fingerprint density at radius 2 is 2.00 bits per heavy atom. The molecule has 2 amide bonds. The van der Waals surface area contributed by atoms with E-state index < -0.39 is 0 Å². The average molecular weight is 457 g/mol. The summed E-state index contributed by atoms with van der Waals surface area (Å²) < 4.78 is 5.36. The summed E-state index contributed by atoms with van der Waals surface area (Å²) in [7, 11) is 1.62. The number of hydrogen-bond acceptors (Lipinski definition) is 5. The second kappa shape index (κ2) is 9.65. The first kappa shape index (κ1) is 22.1. The van der Waals surface area contributed by atoms with Crippen molar-refractivity contribution in [3.8, 4) is 5.75 Å². The monoisotopic (exact) mass is 456 g/mol. The van der Waals surface area contributed by atoms with E-state index in [4.69, 9.17) is 4.74 Å². The largest absolute Gasteiger partial charge is 0.497 e. The van der Waals surface area contributed by atoms with E-state index in [9.17, 15) is 9.59 Å². The molecule has 2 aliphatic rings. The van der Waals surface area contributed by atoms with Crippen molar-refractivity contribution in [2.45, 2.75) is 25.7 Å². The van der Waals surface area contributed by atoms with Crippen molar-refractivity contribution in [3.05, 3.63) is 59.8 Å². The number of methoxy groups -OCH3 is 1. The van der Waals surface area contributed by atoms with Crippen molar-refractivity contribution in [1.82, 2.24) is 9.88 Å². The predicted octanol–water partition coefficient (Wildman–Crippen LogP) is 4.55. The van der Waals surface area contributed by atoms with Crippen LogP contribution in [-0.2, 0) is 9.59 Å². The van der Waals surface area contributed by atoms with E-state index in [2.05, 4.69) is 20.5 Å². The van der Waals surface area contributed by atoms with Gasteiger partial charge in [0.1, 0.15) is 5.75 Å². The number of pyridine rings is 1. The molecule has 7 heteroatoms. The minimum atomic E-state index is -0.170. The zero-order valence-electron chi connectivity index (χ0n) is 19.3. The Labute approximate surface area is 198 Å². The number of carbonyl (C=O) groups excluding carboxylic acids is 2. The molecular weight excluding hydrogens is 428 g/mol. The van der Waals surface area contributed by atoms with Gasteiger partial charge in [-0.15, -0.1) is 0 Å². The molecule has 1 fully saturated rings. The van der Waals surface area contributed by atoms with Crippen molar-refractivity contribution in [3.63, 3.8) is 0 Å². The van der Waals surface area contributed by atoms with E-state index in [0.29, 0.717) is 17.7 Å². The highest BCUT2D eigenvalue weighted by atomic mass is 16.5. The number of rotatable bonds is 6. The molecule has 0 bridgehead atoms. The molecular formula is C27H28N4O3. The number of hydrogen-bond donors (Lipinski definition) is 2. The van der Waals surface area contributed by atoms with Gasteiger partial charge in [-0.2, -0.15) is 0 Å². The molecule has 2 aliphatic heterocycles. The van der Waals surface area contributed by atoms with Crippen LogP contribution in [0.1, 0.15) is 36.8 Å². The maximum atomic E-state index is 12.8. The minimum Gasteiger partial charge on any atom is -0.497 e. The minimum absolute atomic E-state index is 0.0134. The number of amides is 2. The number of fused-ring (bicyclic) bond motifs is 2. The molecule has 3 heterocycles. The third-order valence-electron chi connectivity index (χ3n) is 6.47. The number of ether oxygens (including phenoxy) is 1. The summed E-state index contributed by atoms with van der Waals surface area (Å²) >= 11 is 0. The Hall–Kier alpha value is -3.71. The summed E-state index contributed by atoms with van der Waals surface area (Å²) in [5.74, 6) is 0.544. The first-order valence-corrected chi connectivity index (χ1v) is 11.7. The Morgan fingerprint density at radius 1 is 1.15 bits per heavy atom. The van der Waals surface area contributed by atoms with Gasteiger partial charge >= 0.3 is 0 Å². The van der Waals surface area contributed by atoms with E-state index in [1.807, 2.05) is 48.5 Å². The topological polar surface area (TPSA) is 83.6 Å². The van der Waals surface area contributed by atoms with Crippen molar-refractivity contribution in [2.75, 3.05) is 37.4 Å². The number of benzene rings is 2. The van der Waals surface area contributed by atoms with E-state index in [1.54, 1.807) is 13.3 Å². The van der Waals surface area contributed by atoms with Crippen molar-refractivity contribution < 1.29 is 14.3 Å². The fraction of sp³-hybridized carbons (Fsp3) is 0.296. The SMILES string of the molecule is COc1ccc2nccc(/C=C3/C(=O)Nc4ccc(NC(=O)CCN5CCCCC5)cc43)c2c1. The molecule has 0 spiro atoms. The van der Waals surface area contributed by atoms with Gasteiger partial charge in [0, 0.05) is 47.1 Å². The van der Waals surface area contributed by atoms with Gasteiger partial charge < -0.3 is 20.3 Å². The zero-order chi connectivity index (χ0) is 23.5. The number of piperidine rings is 1. The molecule has 3 aromatic rings. The fourth-order valence-electron chi connectivity index (χ4n) is 4.63. The zero-order valence-corrected chi connectivity index (χ0v) is 19.3. The summed E-state index contributed by atoms with van der Waals surface area (Å²) in [6.07, 6.45) is 7.76.